The minimum Gasteiger partial charge on any atom is -0.313 e. The van der Waals surface area contributed by atoms with Crippen molar-refractivity contribution in [1.82, 2.24) is 15.3 Å². The van der Waals surface area contributed by atoms with Crippen LogP contribution in [-0.2, 0) is 6.54 Å². The maximum absolute atomic E-state index is 11.4. The fourth-order valence-electron chi connectivity index (χ4n) is 2.21. The second-order valence-electron chi connectivity index (χ2n) is 4.13. The lowest BCUT2D eigenvalue weighted by Gasteiger charge is -2.09. The van der Waals surface area contributed by atoms with Crippen LogP contribution in [-0.4, -0.2) is 17.0 Å². The van der Waals surface area contributed by atoms with Gasteiger partial charge in [-0.1, -0.05) is 12.8 Å². The van der Waals surface area contributed by atoms with E-state index in [1.54, 1.807) is 6.07 Å². The molecule has 15 heavy (non-hydrogen) atoms. The van der Waals surface area contributed by atoms with Gasteiger partial charge in [-0.05, 0) is 19.9 Å². The van der Waals surface area contributed by atoms with E-state index in [4.69, 9.17) is 0 Å². The molecule has 1 saturated carbocycles. The van der Waals surface area contributed by atoms with Gasteiger partial charge in [0.05, 0.1) is 12.2 Å². The normalized spacial score (nSPS) is 17.1. The van der Waals surface area contributed by atoms with Gasteiger partial charge in [-0.3, -0.25) is 4.79 Å². The van der Waals surface area contributed by atoms with Crippen LogP contribution >= 0.6 is 0 Å². The molecule has 0 aliphatic heterocycles. The van der Waals surface area contributed by atoms with E-state index < -0.39 is 0 Å². The Labute approximate surface area is 89.1 Å². The number of aromatic nitrogens is 2. The van der Waals surface area contributed by atoms with Crippen LogP contribution in [0.15, 0.2) is 10.9 Å². The van der Waals surface area contributed by atoms with Crippen molar-refractivity contribution < 1.29 is 0 Å². The fraction of sp³-hybridized carbons (Fsp3) is 0.636. The molecule has 1 aromatic rings. The van der Waals surface area contributed by atoms with Crippen LogP contribution in [0.25, 0.3) is 0 Å². The average Bonchev–Trinajstić information content (AvgIpc) is 2.70. The number of H-pyrrole nitrogens is 1. The highest BCUT2D eigenvalue weighted by atomic mass is 16.1. The van der Waals surface area contributed by atoms with Crippen LogP contribution in [0.2, 0.25) is 0 Å². The molecule has 82 valence electrons. The summed E-state index contributed by atoms with van der Waals surface area (Å²) in [6, 6.07) is 1.65. The van der Waals surface area contributed by atoms with E-state index in [0.717, 1.165) is 11.5 Å². The highest BCUT2D eigenvalue weighted by Crippen LogP contribution is 2.32. The highest BCUT2D eigenvalue weighted by Gasteiger charge is 2.19. The molecule has 2 N–H and O–H groups in total. The van der Waals surface area contributed by atoms with Crippen LogP contribution < -0.4 is 10.9 Å². The minimum atomic E-state index is -0.0304. The van der Waals surface area contributed by atoms with Gasteiger partial charge in [0.25, 0.3) is 5.56 Å². The molecule has 2 rings (SSSR count). The van der Waals surface area contributed by atoms with Crippen LogP contribution in [0, 0.1) is 0 Å². The van der Waals surface area contributed by atoms with Gasteiger partial charge < -0.3 is 10.3 Å². The van der Waals surface area contributed by atoms with Gasteiger partial charge >= 0.3 is 0 Å². The van der Waals surface area contributed by atoms with Crippen molar-refractivity contribution in [2.24, 2.45) is 0 Å². The lowest BCUT2D eigenvalue weighted by atomic mass is 10.0. The molecule has 0 radical (unpaired) electrons. The number of hydrogen-bond donors (Lipinski definition) is 2. The van der Waals surface area contributed by atoms with Crippen molar-refractivity contribution in [2.45, 2.75) is 38.1 Å². The Hall–Kier alpha value is -1.16. The largest absolute Gasteiger partial charge is 0.313 e. The number of aromatic amines is 1. The molecule has 0 amide bonds. The topological polar surface area (TPSA) is 57.8 Å². The summed E-state index contributed by atoms with van der Waals surface area (Å²) in [5.41, 5.74) is 0.943. The van der Waals surface area contributed by atoms with E-state index in [1.807, 2.05) is 7.05 Å². The van der Waals surface area contributed by atoms with E-state index >= 15 is 0 Å². The molecule has 1 heterocycles. The molecular weight excluding hydrogens is 190 g/mol. The van der Waals surface area contributed by atoms with Gasteiger partial charge in [0.15, 0.2) is 0 Å². The van der Waals surface area contributed by atoms with E-state index in [9.17, 15) is 4.79 Å². The summed E-state index contributed by atoms with van der Waals surface area (Å²) in [7, 11) is 1.85. The third-order valence-corrected chi connectivity index (χ3v) is 2.93. The smallest absolute Gasteiger partial charge is 0.251 e. The lowest BCUT2D eigenvalue weighted by molar-refractivity contribution is 0.666. The maximum atomic E-state index is 11.4. The molecule has 1 aliphatic rings. The first-order chi connectivity index (χ1) is 7.29. The zero-order valence-electron chi connectivity index (χ0n) is 9.05. The molecule has 1 aromatic heterocycles. The lowest BCUT2D eigenvalue weighted by Crippen LogP contribution is -2.18. The first kappa shape index (κ1) is 10.4. The Morgan fingerprint density at radius 1 is 1.53 bits per heavy atom. The fourth-order valence-corrected chi connectivity index (χ4v) is 2.21. The average molecular weight is 207 g/mol. The Bertz CT molecular complexity index is 380. The zero-order valence-corrected chi connectivity index (χ0v) is 9.05. The third-order valence-electron chi connectivity index (χ3n) is 2.93. The predicted octanol–water partition coefficient (Wildman–Crippen LogP) is 1.15. The first-order valence-corrected chi connectivity index (χ1v) is 5.54. The second-order valence-corrected chi connectivity index (χ2v) is 4.13. The van der Waals surface area contributed by atoms with E-state index in [-0.39, 0.29) is 5.56 Å². The van der Waals surface area contributed by atoms with E-state index in [2.05, 4.69) is 15.3 Å². The summed E-state index contributed by atoms with van der Waals surface area (Å²) in [6.07, 6.45) is 4.88. The molecule has 0 aromatic carbocycles. The minimum absolute atomic E-state index is 0.0304. The molecule has 0 atom stereocenters. The van der Waals surface area contributed by atoms with Crippen molar-refractivity contribution in [1.29, 1.82) is 0 Å². The van der Waals surface area contributed by atoms with Gasteiger partial charge in [0, 0.05) is 12.0 Å². The molecule has 0 unspecified atom stereocenters. The standard InChI is InChI=1S/C11H17N3O/c1-12-7-10-13-9(6-11(15)14-10)8-4-2-3-5-8/h6,8,12H,2-5,7H2,1H3,(H,13,14,15). The third kappa shape index (κ3) is 2.45. The van der Waals surface area contributed by atoms with Crippen LogP contribution in [0.5, 0.6) is 0 Å². The van der Waals surface area contributed by atoms with Crippen molar-refractivity contribution in [2.75, 3.05) is 7.05 Å². The number of nitrogens with zero attached hydrogens (tertiary/aromatic N) is 1. The van der Waals surface area contributed by atoms with Gasteiger partial charge in [-0.2, -0.15) is 0 Å². The zero-order chi connectivity index (χ0) is 10.7. The monoisotopic (exact) mass is 207 g/mol. The van der Waals surface area contributed by atoms with E-state index in [0.29, 0.717) is 12.5 Å². The van der Waals surface area contributed by atoms with Crippen molar-refractivity contribution in [3.05, 3.63) is 27.9 Å². The van der Waals surface area contributed by atoms with E-state index in [1.165, 1.54) is 25.7 Å². The van der Waals surface area contributed by atoms with Gasteiger partial charge in [0.2, 0.25) is 0 Å². The summed E-state index contributed by atoms with van der Waals surface area (Å²) in [5.74, 6) is 1.25. The van der Waals surface area contributed by atoms with Crippen molar-refractivity contribution in [3.8, 4) is 0 Å². The number of nitrogens with one attached hydrogen (secondary N) is 2. The summed E-state index contributed by atoms with van der Waals surface area (Å²) in [6.45, 7) is 0.621. The molecule has 4 nitrogen and oxygen atoms in total. The summed E-state index contributed by atoms with van der Waals surface area (Å²) < 4.78 is 0. The van der Waals surface area contributed by atoms with Crippen molar-refractivity contribution in [3.63, 3.8) is 0 Å². The summed E-state index contributed by atoms with van der Waals surface area (Å²) in [4.78, 5) is 18.6. The first-order valence-electron chi connectivity index (χ1n) is 5.54. The van der Waals surface area contributed by atoms with Crippen LogP contribution in [0.1, 0.15) is 43.1 Å². The van der Waals surface area contributed by atoms with Crippen LogP contribution in [0.4, 0.5) is 0 Å². The highest BCUT2D eigenvalue weighted by molar-refractivity contribution is 5.10. The Morgan fingerprint density at radius 3 is 2.93 bits per heavy atom. The van der Waals surface area contributed by atoms with Gasteiger partial charge in [0.1, 0.15) is 5.82 Å². The summed E-state index contributed by atoms with van der Waals surface area (Å²) in [5, 5.41) is 3.00. The number of rotatable bonds is 3. The second kappa shape index (κ2) is 4.57. The maximum Gasteiger partial charge on any atom is 0.251 e. The predicted molar refractivity (Wildman–Crippen MR) is 58.8 cm³/mol. The molecule has 1 fully saturated rings. The Morgan fingerprint density at radius 2 is 2.27 bits per heavy atom. The number of hydrogen-bond acceptors (Lipinski definition) is 3. The van der Waals surface area contributed by atoms with Crippen LogP contribution in [0.3, 0.4) is 0 Å². The Balaban J connectivity index is 2.26. The van der Waals surface area contributed by atoms with Gasteiger partial charge in [-0.25, -0.2) is 4.98 Å². The molecule has 0 bridgehead atoms. The van der Waals surface area contributed by atoms with Gasteiger partial charge in [-0.15, -0.1) is 0 Å². The molecule has 0 saturated heterocycles. The molecular formula is C11H17N3O. The van der Waals surface area contributed by atoms with Crippen molar-refractivity contribution >= 4 is 0 Å². The molecule has 0 spiro atoms. The summed E-state index contributed by atoms with van der Waals surface area (Å²) >= 11 is 0. The quantitative estimate of drug-likeness (QED) is 0.781. The molecule has 4 heteroatoms. The Kier molecular flexibility index (Phi) is 3.16. The molecule has 1 aliphatic carbocycles. The SMILES string of the molecule is CNCc1nc(C2CCCC2)cc(=O)[nH]1.